The Morgan fingerprint density at radius 3 is 2.54 bits per heavy atom. The van der Waals surface area contributed by atoms with Gasteiger partial charge in [0.1, 0.15) is 23.1 Å². The molecule has 3 aromatic carbocycles. The number of hydrogen-bond acceptors (Lipinski definition) is 6. The summed E-state index contributed by atoms with van der Waals surface area (Å²) in [5.74, 6) is -1.00. The Hall–Kier alpha value is -3.75. The first kappa shape index (κ1) is 24.4. The Morgan fingerprint density at radius 1 is 1.09 bits per heavy atom. The lowest BCUT2D eigenvalue weighted by Gasteiger charge is -2.12. The minimum atomic E-state index is -0.892. The molecule has 1 aliphatic heterocycles. The molecule has 0 spiro atoms. The van der Waals surface area contributed by atoms with Crippen LogP contribution in [-0.2, 0) is 29.1 Å². The summed E-state index contributed by atoms with van der Waals surface area (Å²) in [5.41, 5.74) is 7.29. The van der Waals surface area contributed by atoms with E-state index in [1.54, 1.807) is 0 Å². The van der Waals surface area contributed by atoms with Gasteiger partial charge in [-0.15, -0.1) is 0 Å². The average molecular weight is 515 g/mol. The van der Waals surface area contributed by atoms with Crippen molar-refractivity contribution in [3.8, 4) is 11.5 Å². The van der Waals surface area contributed by atoms with Gasteiger partial charge in [-0.05, 0) is 29.8 Å². The van der Waals surface area contributed by atoms with Crippen molar-refractivity contribution in [2.45, 2.75) is 25.7 Å². The van der Waals surface area contributed by atoms with E-state index in [0.717, 1.165) is 5.56 Å². The standard InChI is InChI=1S/C25H20Cl2N2O6/c26-20-17(9-15-10-19(24(28)32)35-23(15)21(20)27)22(31)14-6-7-18(30)16(8-14)11-29-25(33)34-12-13-4-2-1-3-5-13/h1-9,19,30H,10-12H2,(H2,28,32)(H,29,33). The monoisotopic (exact) mass is 514 g/mol. The molecule has 4 rings (SSSR count). The van der Waals surface area contributed by atoms with Gasteiger partial charge in [-0.2, -0.15) is 0 Å². The quantitative estimate of drug-likeness (QED) is 0.406. The van der Waals surface area contributed by atoms with Crippen molar-refractivity contribution in [3.05, 3.63) is 92.5 Å². The number of carbonyl (C=O) groups is 3. The van der Waals surface area contributed by atoms with Crippen LogP contribution >= 0.6 is 23.2 Å². The third-order valence-electron chi connectivity index (χ3n) is 5.44. The molecule has 0 radical (unpaired) electrons. The molecule has 0 aromatic heterocycles. The highest BCUT2D eigenvalue weighted by Gasteiger charge is 2.32. The molecule has 1 aliphatic rings. The first-order valence-corrected chi connectivity index (χ1v) is 11.3. The number of phenols is 1. The number of halogens is 2. The molecule has 8 nitrogen and oxygen atoms in total. The van der Waals surface area contributed by atoms with Crippen molar-refractivity contribution in [2.24, 2.45) is 5.73 Å². The zero-order chi connectivity index (χ0) is 25.1. The van der Waals surface area contributed by atoms with Crippen LogP contribution in [0.15, 0.2) is 54.6 Å². The third-order valence-corrected chi connectivity index (χ3v) is 6.29. The Kier molecular flexibility index (Phi) is 7.14. The van der Waals surface area contributed by atoms with Crippen LogP contribution in [0, 0.1) is 0 Å². The summed E-state index contributed by atoms with van der Waals surface area (Å²) >= 11 is 12.6. The molecule has 0 bridgehead atoms. The van der Waals surface area contributed by atoms with Gasteiger partial charge in [-0.3, -0.25) is 9.59 Å². The first-order chi connectivity index (χ1) is 16.7. The fraction of sp³-hybridized carbons (Fsp3) is 0.160. The van der Waals surface area contributed by atoms with Gasteiger partial charge in [-0.25, -0.2) is 4.79 Å². The zero-order valence-corrected chi connectivity index (χ0v) is 19.7. The molecule has 10 heteroatoms. The van der Waals surface area contributed by atoms with E-state index in [1.165, 1.54) is 24.3 Å². The van der Waals surface area contributed by atoms with E-state index in [1.807, 2.05) is 30.3 Å². The van der Waals surface area contributed by atoms with E-state index in [4.69, 9.17) is 38.4 Å². The van der Waals surface area contributed by atoms with Crippen LogP contribution in [-0.4, -0.2) is 29.0 Å². The lowest BCUT2D eigenvalue weighted by molar-refractivity contribution is -0.123. The van der Waals surface area contributed by atoms with E-state index >= 15 is 0 Å². The van der Waals surface area contributed by atoms with Crippen LogP contribution < -0.4 is 15.8 Å². The maximum absolute atomic E-state index is 13.2. The second-order valence-electron chi connectivity index (χ2n) is 7.84. The van der Waals surface area contributed by atoms with Crippen molar-refractivity contribution in [2.75, 3.05) is 0 Å². The highest BCUT2D eigenvalue weighted by Crippen LogP contribution is 2.43. The van der Waals surface area contributed by atoms with E-state index in [-0.39, 0.29) is 52.2 Å². The number of aromatic hydroxyl groups is 1. The number of primary amides is 1. The summed E-state index contributed by atoms with van der Waals surface area (Å²) in [7, 11) is 0. The van der Waals surface area contributed by atoms with Crippen LogP contribution in [0.25, 0.3) is 0 Å². The summed E-state index contributed by atoms with van der Waals surface area (Å²) < 4.78 is 10.6. The minimum Gasteiger partial charge on any atom is -0.508 e. The average Bonchev–Trinajstić information content (AvgIpc) is 3.29. The number of phenolic OH excluding ortho intramolecular Hbond substituents is 1. The Bertz CT molecular complexity index is 1310. The molecular formula is C25H20Cl2N2O6. The molecular weight excluding hydrogens is 495 g/mol. The second kappa shape index (κ2) is 10.2. The van der Waals surface area contributed by atoms with Gasteiger partial charge in [0.05, 0.1) is 5.02 Å². The molecule has 1 atom stereocenters. The number of amides is 2. The van der Waals surface area contributed by atoms with Gasteiger partial charge in [0, 0.05) is 35.2 Å². The predicted molar refractivity (Wildman–Crippen MR) is 129 cm³/mol. The van der Waals surface area contributed by atoms with Crippen molar-refractivity contribution in [1.82, 2.24) is 5.32 Å². The van der Waals surface area contributed by atoms with E-state index in [0.29, 0.717) is 11.1 Å². The number of carbonyl (C=O) groups excluding carboxylic acids is 3. The summed E-state index contributed by atoms with van der Waals surface area (Å²) in [6.07, 6.45) is -1.41. The number of ketones is 1. The van der Waals surface area contributed by atoms with Gasteiger partial charge < -0.3 is 25.6 Å². The second-order valence-corrected chi connectivity index (χ2v) is 8.60. The first-order valence-electron chi connectivity index (χ1n) is 10.5. The maximum atomic E-state index is 13.2. The molecule has 2 amide bonds. The van der Waals surface area contributed by atoms with Crippen LogP contribution in [0.2, 0.25) is 10.0 Å². The summed E-state index contributed by atoms with van der Waals surface area (Å²) in [5, 5.41) is 12.7. The highest BCUT2D eigenvalue weighted by atomic mass is 35.5. The van der Waals surface area contributed by atoms with Crippen LogP contribution in [0.4, 0.5) is 4.79 Å². The Labute approximate surface area is 210 Å². The number of rotatable bonds is 7. The molecule has 3 aromatic rings. The zero-order valence-electron chi connectivity index (χ0n) is 18.2. The topological polar surface area (TPSA) is 128 Å². The number of benzene rings is 3. The normalized spacial score (nSPS) is 14.1. The smallest absolute Gasteiger partial charge is 0.407 e. The van der Waals surface area contributed by atoms with Gasteiger partial charge in [0.15, 0.2) is 11.9 Å². The molecule has 35 heavy (non-hydrogen) atoms. The van der Waals surface area contributed by atoms with E-state index in [2.05, 4.69) is 5.32 Å². The van der Waals surface area contributed by atoms with E-state index in [9.17, 15) is 19.5 Å². The molecule has 1 unspecified atom stereocenters. The Balaban J connectivity index is 1.48. The summed E-state index contributed by atoms with van der Waals surface area (Å²) in [6.45, 7) is 0.0163. The molecule has 180 valence electrons. The Morgan fingerprint density at radius 2 is 1.83 bits per heavy atom. The molecule has 0 aliphatic carbocycles. The predicted octanol–water partition coefficient (Wildman–Crippen LogP) is 4.15. The van der Waals surface area contributed by atoms with E-state index < -0.39 is 23.9 Å². The number of hydrogen-bond donors (Lipinski definition) is 3. The fourth-order valence-corrected chi connectivity index (χ4v) is 4.11. The number of nitrogens with one attached hydrogen (secondary N) is 1. The molecule has 4 N–H and O–H groups in total. The van der Waals surface area contributed by atoms with Gasteiger partial charge in [-0.1, -0.05) is 53.5 Å². The fourth-order valence-electron chi connectivity index (χ4n) is 3.61. The van der Waals surface area contributed by atoms with Gasteiger partial charge >= 0.3 is 6.09 Å². The van der Waals surface area contributed by atoms with Crippen molar-refractivity contribution >= 4 is 41.0 Å². The summed E-state index contributed by atoms with van der Waals surface area (Å²) in [4.78, 5) is 36.8. The van der Waals surface area contributed by atoms with Crippen LogP contribution in [0.5, 0.6) is 11.5 Å². The van der Waals surface area contributed by atoms with Gasteiger partial charge in [0.25, 0.3) is 5.91 Å². The van der Waals surface area contributed by atoms with Crippen molar-refractivity contribution in [1.29, 1.82) is 0 Å². The lowest BCUT2D eigenvalue weighted by Crippen LogP contribution is -2.31. The lowest BCUT2D eigenvalue weighted by atomic mass is 9.98. The third kappa shape index (κ3) is 5.34. The minimum absolute atomic E-state index is 0.0121. The summed E-state index contributed by atoms with van der Waals surface area (Å²) in [6, 6.07) is 14.9. The number of ether oxygens (including phenoxy) is 2. The molecule has 0 saturated carbocycles. The SMILES string of the molecule is NC(=O)C1Cc2cc(C(=O)c3ccc(O)c(CNC(=O)OCc4ccccc4)c3)c(Cl)c(Cl)c2O1. The number of alkyl carbamates (subject to hydrolysis) is 1. The number of fused-ring (bicyclic) bond motifs is 1. The van der Waals surface area contributed by atoms with Crippen molar-refractivity contribution < 1.29 is 29.0 Å². The van der Waals surface area contributed by atoms with Gasteiger partial charge in [0.2, 0.25) is 0 Å². The van der Waals surface area contributed by atoms with Crippen molar-refractivity contribution in [3.63, 3.8) is 0 Å². The molecule has 1 heterocycles. The largest absolute Gasteiger partial charge is 0.508 e. The number of nitrogens with two attached hydrogens (primary N) is 1. The molecule has 0 saturated heterocycles. The highest BCUT2D eigenvalue weighted by molar-refractivity contribution is 6.45. The molecule has 0 fully saturated rings. The van der Waals surface area contributed by atoms with Crippen LogP contribution in [0.3, 0.4) is 0 Å². The van der Waals surface area contributed by atoms with Crippen LogP contribution in [0.1, 0.15) is 32.6 Å². The maximum Gasteiger partial charge on any atom is 0.407 e.